The third-order valence-corrected chi connectivity index (χ3v) is 6.21. The minimum absolute atomic E-state index is 0.156. The van der Waals surface area contributed by atoms with Crippen molar-refractivity contribution >= 4 is 27.1 Å². The number of allylic oxidation sites excluding steroid dienone is 2. The highest BCUT2D eigenvalue weighted by molar-refractivity contribution is 7.89. The Labute approximate surface area is 151 Å². The minimum atomic E-state index is -3.90. The van der Waals surface area contributed by atoms with Crippen LogP contribution in [-0.4, -0.2) is 49.7 Å². The third kappa shape index (κ3) is 3.92. The Morgan fingerprint density at radius 2 is 2.00 bits per heavy atom. The van der Waals surface area contributed by atoms with E-state index in [0.29, 0.717) is 13.2 Å². The molecule has 2 aliphatic rings. The fraction of sp³-hybridized carbons (Fsp3) is 0.438. The molecule has 1 aromatic carbocycles. The number of ether oxygens (including phenoxy) is 1. The number of nitrogens with zero attached hydrogens (tertiary/aromatic N) is 3. The van der Waals surface area contributed by atoms with Crippen molar-refractivity contribution in [1.82, 2.24) is 4.31 Å². The van der Waals surface area contributed by atoms with Crippen LogP contribution in [0.15, 0.2) is 39.8 Å². The molecule has 1 fully saturated rings. The van der Waals surface area contributed by atoms with Gasteiger partial charge < -0.3 is 4.74 Å². The zero-order chi connectivity index (χ0) is 18.7. The Hall–Kier alpha value is -2.30. The molecule has 1 saturated heterocycles. The van der Waals surface area contributed by atoms with Gasteiger partial charge in [-0.05, 0) is 31.9 Å². The molecule has 0 aromatic heterocycles. The molecule has 1 N–H and O–H groups in total. The molecule has 1 aliphatic carbocycles. The van der Waals surface area contributed by atoms with E-state index in [1.54, 1.807) is 0 Å². The van der Waals surface area contributed by atoms with Gasteiger partial charge in [0.25, 0.3) is 5.69 Å². The van der Waals surface area contributed by atoms with Gasteiger partial charge in [0.05, 0.1) is 29.5 Å². The fourth-order valence-electron chi connectivity index (χ4n) is 2.83. The first-order valence-electron chi connectivity index (χ1n) is 8.24. The first kappa shape index (κ1) is 18.5. The lowest BCUT2D eigenvalue weighted by Gasteiger charge is -2.26. The molecule has 0 unspecified atom stereocenters. The van der Waals surface area contributed by atoms with Crippen LogP contribution in [0.25, 0.3) is 0 Å². The Bertz CT molecular complexity index is 873. The highest BCUT2D eigenvalue weighted by atomic mass is 32.2. The van der Waals surface area contributed by atoms with Crippen LogP contribution in [0.4, 0.5) is 11.4 Å². The molecule has 0 spiro atoms. The molecule has 140 valence electrons. The van der Waals surface area contributed by atoms with E-state index in [0.717, 1.165) is 24.6 Å². The predicted molar refractivity (Wildman–Crippen MR) is 96.7 cm³/mol. The lowest BCUT2D eigenvalue weighted by atomic mass is 10.3. The van der Waals surface area contributed by atoms with Crippen molar-refractivity contribution in [2.24, 2.45) is 5.10 Å². The van der Waals surface area contributed by atoms with Crippen LogP contribution >= 0.6 is 0 Å². The van der Waals surface area contributed by atoms with Crippen molar-refractivity contribution in [2.75, 3.05) is 31.7 Å². The average molecular weight is 380 g/mol. The second-order valence-electron chi connectivity index (χ2n) is 6.16. The molecule has 9 nitrogen and oxygen atoms in total. The summed E-state index contributed by atoms with van der Waals surface area (Å²) in [4.78, 5) is 10.3. The van der Waals surface area contributed by atoms with Crippen LogP contribution < -0.4 is 5.43 Å². The molecule has 0 radical (unpaired) electrons. The third-order valence-electron chi connectivity index (χ3n) is 4.27. The molecule has 3 rings (SSSR count). The van der Waals surface area contributed by atoms with Gasteiger partial charge in [0.1, 0.15) is 4.90 Å². The van der Waals surface area contributed by atoms with Gasteiger partial charge in [-0.1, -0.05) is 5.57 Å². The van der Waals surface area contributed by atoms with Crippen molar-refractivity contribution in [3.8, 4) is 0 Å². The molecule has 1 heterocycles. The maximum Gasteiger partial charge on any atom is 0.270 e. The van der Waals surface area contributed by atoms with E-state index < -0.39 is 14.9 Å². The number of hydrazone groups is 1. The summed E-state index contributed by atoms with van der Waals surface area (Å²) in [5.41, 5.74) is 4.72. The molecular weight excluding hydrogens is 360 g/mol. The fourth-order valence-corrected chi connectivity index (χ4v) is 4.40. The Morgan fingerprint density at radius 3 is 2.62 bits per heavy atom. The lowest BCUT2D eigenvalue weighted by Crippen LogP contribution is -2.40. The molecule has 0 saturated carbocycles. The van der Waals surface area contributed by atoms with Gasteiger partial charge >= 0.3 is 0 Å². The van der Waals surface area contributed by atoms with E-state index in [-0.39, 0.29) is 29.4 Å². The Balaban J connectivity index is 1.97. The number of morpholine rings is 1. The van der Waals surface area contributed by atoms with Gasteiger partial charge in [-0.2, -0.15) is 9.41 Å². The van der Waals surface area contributed by atoms with Gasteiger partial charge in [-0.15, -0.1) is 0 Å². The normalized spacial score (nSPS) is 20.2. The Morgan fingerprint density at radius 1 is 1.27 bits per heavy atom. The van der Waals surface area contributed by atoms with Crippen molar-refractivity contribution in [3.05, 3.63) is 40.0 Å². The average Bonchev–Trinajstić information content (AvgIpc) is 3.05. The number of sulfonamides is 1. The second-order valence-corrected chi connectivity index (χ2v) is 8.07. The first-order valence-corrected chi connectivity index (χ1v) is 9.68. The maximum absolute atomic E-state index is 13.0. The largest absolute Gasteiger partial charge is 0.379 e. The van der Waals surface area contributed by atoms with Gasteiger partial charge in [0.2, 0.25) is 10.0 Å². The molecule has 0 bridgehead atoms. The smallest absolute Gasteiger partial charge is 0.270 e. The first-order chi connectivity index (χ1) is 12.4. The van der Waals surface area contributed by atoms with E-state index in [1.165, 1.54) is 22.0 Å². The number of rotatable bonds is 5. The van der Waals surface area contributed by atoms with Crippen molar-refractivity contribution in [2.45, 2.75) is 24.7 Å². The predicted octanol–water partition coefficient (Wildman–Crippen LogP) is 2.12. The van der Waals surface area contributed by atoms with Crippen LogP contribution in [0.2, 0.25) is 0 Å². The highest BCUT2D eigenvalue weighted by Gasteiger charge is 2.30. The SMILES string of the molecule is CC1=CC(=NNc2ccc([N+](=O)[O-])cc2S(=O)(=O)N2CCOCC2)CC1. The van der Waals surface area contributed by atoms with Gasteiger partial charge in [-0.3, -0.25) is 15.5 Å². The number of nitro groups is 1. The summed E-state index contributed by atoms with van der Waals surface area (Å²) in [6.45, 7) is 3.01. The summed E-state index contributed by atoms with van der Waals surface area (Å²) in [5, 5.41) is 15.3. The van der Waals surface area contributed by atoms with Crippen LogP contribution in [0, 0.1) is 10.1 Å². The number of nitrogens with one attached hydrogen (secondary N) is 1. The standard InChI is InChI=1S/C16H20N4O5S/c1-12-2-3-13(10-12)17-18-15-5-4-14(20(21)22)11-16(15)26(23,24)19-6-8-25-9-7-19/h4-5,10-11,18H,2-3,6-9H2,1H3. The molecule has 1 aromatic rings. The van der Waals surface area contributed by atoms with Gasteiger partial charge in [0.15, 0.2) is 0 Å². The van der Waals surface area contributed by atoms with Crippen molar-refractivity contribution in [3.63, 3.8) is 0 Å². The summed E-state index contributed by atoms with van der Waals surface area (Å²) in [5.74, 6) is 0. The summed E-state index contributed by atoms with van der Waals surface area (Å²) >= 11 is 0. The molecule has 1 aliphatic heterocycles. The number of anilines is 1. The number of benzene rings is 1. The summed E-state index contributed by atoms with van der Waals surface area (Å²) < 4.78 is 32.4. The molecule has 26 heavy (non-hydrogen) atoms. The number of hydrogen-bond acceptors (Lipinski definition) is 7. The highest BCUT2D eigenvalue weighted by Crippen LogP contribution is 2.30. The number of non-ortho nitro benzene ring substituents is 1. The molecular formula is C16H20N4O5S. The Kier molecular flexibility index (Phi) is 5.35. The number of nitro benzene ring substituents is 1. The minimum Gasteiger partial charge on any atom is -0.379 e. The summed E-state index contributed by atoms with van der Waals surface area (Å²) in [6, 6.07) is 3.71. The number of hydrogen-bond donors (Lipinski definition) is 1. The zero-order valence-electron chi connectivity index (χ0n) is 14.3. The van der Waals surface area contributed by atoms with E-state index in [4.69, 9.17) is 4.74 Å². The molecule has 0 amide bonds. The van der Waals surface area contributed by atoms with Crippen molar-refractivity contribution < 1.29 is 18.1 Å². The monoisotopic (exact) mass is 380 g/mol. The lowest BCUT2D eigenvalue weighted by molar-refractivity contribution is -0.385. The zero-order valence-corrected chi connectivity index (χ0v) is 15.2. The maximum atomic E-state index is 13.0. The quantitative estimate of drug-likeness (QED) is 0.618. The molecule has 0 atom stereocenters. The van der Waals surface area contributed by atoms with Gasteiger partial charge in [0, 0.05) is 25.2 Å². The van der Waals surface area contributed by atoms with E-state index in [1.807, 2.05) is 13.0 Å². The van der Waals surface area contributed by atoms with Crippen LogP contribution in [0.1, 0.15) is 19.8 Å². The van der Waals surface area contributed by atoms with E-state index in [2.05, 4.69) is 10.5 Å². The van der Waals surface area contributed by atoms with Crippen molar-refractivity contribution in [1.29, 1.82) is 0 Å². The molecule has 10 heteroatoms. The summed E-state index contributed by atoms with van der Waals surface area (Å²) in [6.07, 6.45) is 3.63. The van der Waals surface area contributed by atoms with E-state index in [9.17, 15) is 18.5 Å². The van der Waals surface area contributed by atoms with Crippen LogP contribution in [-0.2, 0) is 14.8 Å². The second kappa shape index (κ2) is 7.52. The van der Waals surface area contributed by atoms with Crippen LogP contribution in [0.5, 0.6) is 0 Å². The topological polar surface area (TPSA) is 114 Å². The van der Waals surface area contributed by atoms with E-state index >= 15 is 0 Å². The van der Waals surface area contributed by atoms with Gasteiger partial charge in [-0.25, -0.2) is 8.42 Å². The van der Waals surface area contributed by atoms with Crippen LogP contribution in [0.3, 0.4) is 0 Å². The summed E-state index contributed by atoms with van der Waals surface area (Å²) in [7, 11) is -3.90.